The molecule has 4 saturated heterocycles. The molecule has 27 heavy (non-hydrogen) atoms. The molecule has 0 aromatic rings. The molecule has 2 bridgehead atoms. The first-order valence-corrected chi connectivity index (χ1v) is 11.1. The van der Waals surface area contributed by atoms with Gasteiger partial charge in [0.1, 0.15) is 6.61 Å². The number of nitrogens with one attached hydrogen (secondary N) is 1. The second-order valence-electron chi connectivity index (χ2n) is 8.97. The maximum absolute atomic E-state index is 12.0. The van der Waals surface area contributed by atoms with Gasteiger partial charge in [0.05, 0.1) is 11.7 Å². The smallest absolute Gasteiger partial charge is 0.246 e. The van der Waals surface area contributed by atoms with Gasteiger partial charge in [0, 0.05) is 44.1 Å². The molecule has 6 nitrogen and oxygen atoms in total. The van der Waals surface area contributed by atoms with Gasteiger partial charge in [0.15, 0.2) is 0 Å². The molecule has 0 saturated carbocycles. The first-order chi connectivity index (χ1) is 13.1. The fourth-order valence-electron chi connectivity index (χ4n) is 6.08. The van der Waals surface area contributed by atoms with E-state index in [0.717, 1.165) is 26.1 Å². The van der Waals surface area contributed by atoms with E-state index in [0.29, 0.717) is 30.6 Å². The quantitative estimate of drug-likeness (QED) is 0.693. The fraction of sp³-hybridized carbons (Fsp3) is 0.952. The minimum atomic E-state index is 0.00632. The predicted octanol–water partition coefficient (Wildman–Crippen LogP) is 1.49. The Balaban J connectivity index is 1.32. The standard InChI is InChI=1S/C21H37N3O3/c1-3-9-23-10-6-16(7-11-23)24-13-18-17(12-22-20(25)14-26-4-2)19-5-8-21(18,15-24)27-19/h16-19H,3-15H2,1-2H3,(H,22,25)/t17-,18+,19+,21+/m0/s1. The molecule has 6 heteroatoms. The molecular weight excluding hydrogens is 342 g/mol. The summed E-state index contributed by atoms with van der Waals surface area (Å²) in [5.74, 6) is 1.05. The molecule has 0 aliphatic carbocycles. The van der Waals surface area contributed by atoms with Crippen LogP contribution in [0.2, 0.25) is 0 Å². The van der Waals surface area contributed by atoms with E-state index in [4.69, 9.17) is 9.47 Å². The van der Waals surface area contributed by atoms with Crippen molar-refractivity contribution in [2.24, 2.45) is 11.8 Å². The highest BCUT2D eigenvalue weighted by atomic mass is 16.5. The Hall–Kier alpha value is -0.690. The number of carbonyl (C=O) groups is 1. The van der Waals surface area contributed by atoms with Crippen molar-refractivity contribution in [2.45, 2.75) is 63.7 Å². The van der Waals surface area contributed by atoms with E-state index in [1.807, 2.05) is 6.92 Å². The van der Waals surface area contributed by atoms with Crippen molar-refractivity contribution in [1.82, 2.24) is 15.1 Å². The van der Waals surface area contributed by atoms with Gasteiger partial charge in [-0.2, -0.15) is 0 Å². The van der Waals surface area contributed by atoms with Crippen LogP contribution in [-0.4, -0.2) is 85.9 Å². The number of likely N-dealkylation sites (tertiary alicyclic amines) is 2. The van der Waals surface area contributed by atoms with E-state index in [2.05, 4.69) is 22.0 Å². The minimum Gasteiger partial charge on any atom is -0.372 e. The molecule has 0 aromatic carbocycles. The molecule has 0 aromatic heterocycles. The van der Waals surface area contributed by atoms with E-state index < -0.39 is 0 Å². The molecular formula is C21H37N3O3. The summed E-state index contributed by atoms with van der Waals surface area (Å²) >= 11 is 0. The average molecular weight is 380 g/mol. The summed E-state index contributed by atoms with van der Waals surface area (Å²) in [6.45, 7) is 11.7. The Morgan fingerprint density at radius 3 is 2.81 bits per heavy atom. The van der Waals surface area contributed by atoms with Gasteiger partial charge >= 0.3 is 0 Å². The Labute approximate surface area is 163 Å². The third kappa shape index (κ3) is 3.91. The van der Waals surface area contributed by atoms with E-state index in [-0.39, 0.29) is 18.1 Å². The van der Waals surface area contributed by atoms with Crippen molar-refractivity contribution in [2.75, 3.05) is 52.5 Å². The van der Waals surface area contributed by atoms with Gasteiger partial charge in [-0.3, -0.25) is 9.69 Å². The molecule has 154 valence electrons. The Morgan fingerprint density at radius 1 is 1.26 bits per heavy atom. The number of rotatable bonds is 8. The number of amides is 1. The van der Waals surface area contributed by atoms with E-state index >= 15 is 0 Å². The lowest BCUT2D eigenvalue weighted by atomic mass is 9.73. The van der Waals surface area contributed by atoms with Crippen LogP contribution in [0, 0.1) is 11.8 Å². The van der Waals surface area contributed by atoms with Gasteiger partial charge in [0.2, 0.25) is 5.91 Å². The monoisotopic (exact) mass is 379 g/mol. The first-order valence-electron chi connectivity index (χ1n) is 11.1. The Morgan fingerprint density at radius 2 is 2.07 bits per heavy atom. The maximum atomic E-state index is 12.0. The van der Waals surface area contributed by atoms with Gasteiger partial charge in [0.25, 0.3) is 0 Å². The van der Waals surface area contributed by atoms with Crippen molar-refractivity contribution < 1.29 is 14.3 Å². The van der Waals surface area contributed by atoms with Crippen LogP contribution in [0.25, 0.3) is 0 Å². The van der Waals surface area contributed by atoms with Crippen LogP contribution in [0.1, 0.15) is 46.0 Å². The maximum Gasteiger partial charge on any atom is 0.246 e. The van der Waals surface area contributed by atoms with Crippen molar-refractivity contribution in [3.8, 4) is 0 Å². The van der Waals surface area contributed by atoms with Gasteiger partial charge in [-0.25, -0.2) is 0 Å². The lowest BCUT2D eigenvalue weighted by molar-refractivity contribution is -0.125. The highest BCUT2D eigenvalue weighted by Crippen LogP contribution is 2.55. The summed E-state index contributed by atoms with van der Waals surface area (Å²) in [7, 11) is 0. The average Bonchev–Trinajstić information content (AvgIpc) is 3.34. The van der Waals surface area contributed by atoms with Crippen LogP contribution in [0.4, 0.5) is 0 Å². The van der Waals surface area contributed by atoms with Gasteiger partial charge < -0.3 is 19.7 Å². The van der Waals surface area contributed by atoms with Gasteiger partial charge in [-0.05, 0) is 58.7 Å². The van der Waals surface area contributed by atoms with Crippen LogP contribution in [0.3, 0.4) is 0 Å². The molecule has 4 atom stereocenters. The van der Waals surface area contributed by atoms with E-state index in [9.17, 15) is 4.79 Å². The molecule has 4 rings (SSSR count). The largest absolute Gasteiger partial charge is 0.372 e. The zero-order valence-corrected chi connectivity index (χ0v) is 17.1. The second kappa shape index (κ2) is 8.36. The van der Waals surface area contributed by atoms with Crippen molar-refractivity contribution in [3.05, 3.63) is 0 Å². The first kappa shape index (κ1) is 19.6. The highest BCUT2D eigenvalue weighted by molar-refractivity contribution is 5.77. The summed E-state index contributed by atoms with van der Waals surface area (Å²) in [4.78, 5) is 17.3. The third-order valence-electron chi connectivity index (χ3n) is 7.40. The lowest BCUT2D eigenvalue weighted by Gasteiger charge is -2.37. The summed E-state index contributed by atoms with van der Waals surface area (Å²) in [5, 5.41) is 3.10. The number of nitrogens with zero attached hydrogens (tertiary/aromatic N) is 2. The van der Waals surface area contributed by atoms with Gasteiger partial charge in [-0.1, -0.05) is 6.92 Å². The number of hydrogen-bond donors (Lipinski definition) is 1. The van der Waals surface area contributed by atoms with Crippen LogP contribution >= 0.6 is 0 Å². The molecule has 0 unspecified atom stereocenters. The molecule has 1 spiro atoms. The number of hydrogen-bond acceptors (Lipinski definition) is 5. The number of ether oxygens (including phenoxy) is 2. The summed E-state index contributed by atoms with van der Waals surface area (Å²) in [6, 6.07) is 0.717. The Kier molecular flexibility index (Phi) is 6.07. The van der Waals surface area contributed by atoms with Crippen molar-refractivity contribution >= 4 is 5.91 Å². The second-order valence-corrected chi connectivity index (χ2v) is 8.97. The fourth-order valence-corrected chi connectivity index (χ4v) is 6.08. The predicted molar refractivity (Wildman–Crippen MR) is 105 cm³/mol. The molecule has 0 radical (unpaired) electrons. The highest BCUT2D eigenvalue weighted by Gasteiger charge is 2.63. The van der Waals surface area contributed by atoms with E-state index in [1.54, 1.807) is 0 Å². The van der Waals surface area contributed by atoms with Crippen LogP contribution in [0.15, 0.2) is 0 Å². The summed E-state index contributed by atoms with van der Waals surface area (Å²) < 4.78 is 11.8. The molecule has 4 aliphatic heterocycles. The molecule has 4 heterocycles. The molecule has 4 aliphatic rings. The molecule has 1 N–H and O–H groups in total. The lowest BCUT2D eigenvalue weighted by Crippen LogP contribution is -2.45. The molecule has 4 fully saturated rings. The zero-order valence-electron chi connectivity index (χ0n) is 17.1. The van der Waals surface area contributed by atoms with Gasteiger partial charge in [-0.15, -0.1) is 0 Å². The Bertz CT molecular complexity index is 523. The third-order valence-corrected chi connectivity index (χ3v) is 7.40. The van der Waals surface area contributed by atoms with Crippen LogP contribution in [-0.2, 0) is 14.3 Å². The van der Waals surface area contributed by atoms with Crippen molar-refractivity contribution in [3.63, 3.8) is 0 Å². The molecule has 1 amide bonds. The SMILES string of the molecule is CCCN1CCC(N2C[C@@H]3[C@H](CNC(=O)COCC)[C@H]4CC[C@]3(C2)O4)CC1. The minimum absolute atomic E-state index is 0.00632. The van der Waals surface area contributed by atoms with Crippen molar-refractivity contribution in [1.29, 1.82) is 0 Å². The van der Waals surface area contributed by atoms with Crippen LogP contribution in [0.5, 0.6) is 0 Å². The van der Waals surface area contributed by atoms with Crippen LogP contribution < -0.4 is 5.32 Å². The van der Waals surface area contributed by atoms with E-state index in [1.165, 1.54) is 45.3 Å². The number of piperidine rings is 1. The topological polar surface area (TPSA) is 54.0 Å². The number of fused-ring (bicyclic) bond motifs is 1. The zero-order chi connectivity index (χ0) is 18.9. The summed E-state index contributed by atoms with van der Waals surface area (Å²) in [5.41, 5.74) is 0.0700. The number of carbonyl (C=O) groups excluding carboxylic acids is 1. The summed E-state index contributed by atoms with van der Waals surface area (Å²) in [6.07, 6.45) is 6.55. The normalized spacial score (nSPS) is 37.0.